The van der Waals surface area contributed by atoms with Crippen molar-refractivity contribution in [3.8, 4) is 17.2 Å². The predicted molar refractivity (Wildman–Crippen MR) is 68.3 cm³/mol. The van der Waals surface area contributed by atoms with Crippen molar-refractivity contribution < 1.29 is 9.26 Å². The first kappa shape index (κ1) is 12.6. The Kier molecular flexibility index (Phi) is 3.94. The van der Waals surface area contributed by atoms with Gasteiger partial charge in [0, 0.05) is 5.56 Å². The van der Waals surface area contributed by atoms with E-state index in [1.165, 1.54) is 0 Å². The highest BCUT2D eigenvalue weighted by Crippen LogP contribution is 2.23. The van der Waals surface area contributed by atoms with Gasteiger partial charge in [0.05, 0.1) is 12.6 Å². The summed E-state index contributed by atoms with van der Waals surface area (Å²) in [5.74, 6) is 1.95. The molecule has 1 N–H and O–H groups in total. The molecule has 0 spiro atoms. The summed E-state index contributed by atoms with van der Waals surface area (Å²) < 4.78 is 10.8. The molecule has 0 aliphatic rings. The van der Waals surface area contributed by atoms with Gasteiger partial charge < -0.3 is 14.6 Å². The van der Waals surface area contributed by atoms with Gasteiger partial charge in [-0.15, -0.1) is 0 Å². The first-order valence-electron chi connectivity index (χ1n) is 5.93. The Labute approximate surface area is 106 Å². The fraction of sp³-hybridized carbons (Fsp3) is 0.385. The van der Waals surface area contributed by atoms with E-state index in [1.54, 1.807) is 0 Å². The molecule has 0 bridgehead atoms. The third-order valence-electron chi connectivity index (χ3n) is 2.26. The van der Waals surface area contributed by atoms with Crippen molar-refractivity contribution in [3.05, 3.63) is 30.1 Å². The lowest BCUT2D eigenvalue weighted by Crippen LogP contribution is -2.06. The second-order valence-corrected chi connectivity index (χ2v) is 4.24. The molecule has 18 heavy (non-hydrogen) atoms. The number of hydrogen-bond donors (Lipinski definition) is 1. The molecule has 1 aromatic carbocycles. The first-order chi connectivity index (χ1) is 8.69. The van der Waals surface area contributed by atoms with Crippen LogP contribution in [-0.2, 0) is 6.54 Å². The molecular weight excluding hydrogens is 230 g/mol. The highest BCUT2D eigenvalue weighted by atomic mass is 16.5. The Hall–Kier alpha value is -1.88. The average Bonchev–Trinajstić information content (AvgIpc) is 2.78. The molecule has 0 unspecified atom stereocenters. The smallest absolute Gasteiger partial charge is 0.258 e. The number of aromatic nitrogens is 2. The largest absolute Gasteiger partial charge is 0.491 e. The molecule has 0 aliphatic heterocycles. The number of nitrogens with zero attached hydrogens (tertiary/aromatic N) is 2. The number of nitrogens with one attached hydrogen (secondary N) is 1. The molecule has 0 fully saturated rings. The summed E-state index contributed by atoms with van der Waals surface area (Å²) in [6.07, 6.45) is 0.141. The lowest BCUT2D eigenvalue weighted by Gasteiger charge is -2.09. The van der Waals surface area contributed by atoms with Gasteiger partial charge in [0.25, 0.3) is 5.89 Å². The summed E-state index contributed by atoms with van der Waals surface area (Å²) in [5.41, 5.74) is 0.864. The maximum absolute atomic E-state index is 5.63. The average molecular weight is 247 g/mol. The van der Waals surface area contributed by atoms with Crippen molar-refractivity contribution in [2.45, 2.75) is 26.5 Å². The molecule has 0 aliphatic carbocycles. The SMILES string of the molecule is CNCc1noc(-c2cccc(OC(C)C)c2)n1. The minimum atomic E-state index is 0.141. The highest BCUT2D eigenvalue weighted by Gasteiger charge is 2.09. The zero-order valence-electron chi connectivity index (χ0n) is 10.8. The molecule has 96 valence electrons. The number of ether oxygens (including phenoxy) is 1. The normalized spacial score (nSPS) is 10.9. The molecular formula is C13H17N3O2. The van der Waals surface area contributed by atoms with Crippen molar-refractivity contribution in [3.63, 3.8) is 0 Å². The number of hydrogen-bond acceptors (Lipinski definition) is 5. The van der Waals surface area contributed by atoms with E-state index in [9.17, 15) is 0 Å². The molecule has 1 heterocycles. The summed E-state index contributed by atoms with van der Waals surface area (Å²) in [6.45, 7) is 4.57. The predicted octanol–water partition coefficient (Wildman–Crippen LogP) is 2.24. The van der Waals surface area contributed by atoms with Crippen LogP contribution in [0, 0.1) is 0 Å². The molecule has 0 atom stereocenters. The molecule has 0 radical (unpaired) electrons. The third-order valence-corrected chi connectivity index (χ3v) is 2.26. The van der Waals surface area contributed by atoms with Crippen LogP contribution in [0.15, 0.2) is 28.8 Å². The fourth-order valence-electron chi connectivity index (χ4n) is 1.58. The van der Waals surface area contributed by atoms with E-state index in [0.717, 1.165) is 11.3 Å². The maximum Gasteiger partial charge on any atom is 0.258 e. The Morgan fingerprint density at radius 2 is 2.22 bits per heavy atom. The standard InChI is InChI=1S/C13H17N3O2/c1-9(2)17-11-6-4-5-10(7-11)13-15-12(8-14-3)16-18-13/h4-7,9,14H,8H2,1-3H3. The minimum absolute atomic E-state index is 0.141. The lowest BCUT2D eigenvalue weighted by molar-refractivity contribution is 0.242. The van der Waals surface area contributed by atoms with Crippen LogP contribution in [0.1, 0.15) is 19.7 Å². The molecule has 0 saturated heterocycles. The van der Waals surface area contributed by atoms with Gasteiger partial charge in [0.2, 0.25) is 0 Å². The van der Waals surface area contributed by atoms with Gasteiger partial charge in [-0.25, -0.2) is 0 Å². The van der Waals surface area contributed by atoms with E-state index < -0.39 is 0 Å². The van der Waals surface area contributed by atoms with Gasteiger partial charge in [0.15, 0.2) is 5.82 Å². The maximum atomic E-state index is 5.63. The van der Waals surface area contributed by atoms with Crippen molar-refractivity contribution in [2.24, 2.45) is 0 Å². The summed E-state index contributed by atoms with van der Waals surface area (Å²) >= 11 is 0. The van der Waals surface area contributed by atoms with Crippen LogP contribution in [0.3, 0.4) is 0 Å². The van der Waals surface area contributed by atoms with Crippen LogP contribution >= 0.6 is 0 Å². The van der Waals surface area contributed by atoms with Crippen molar-refractivity contribution in [1.82, 2.24) is 15.5 Å². The van der Waals surface area contributed by atoms with E-state index in [4.69, 9.17) is 9.26 Å². The van der Waals surface area contributed by atoms with E-state index in [0.29, 0.717) is 18.3 Å². The summed E-state index contributed by atoms with van der Waals surface area (Å²) in [5, 5.41) is 6.86. The van der Waals surface area contributed by atoms with E-state index in [2.05, 4.69) is 15.5 Å². The van der Waals surface area contributed by atoms with Gasteiger partial charge >= 0.3 is 0 Å². The van der Waals surface area contributed by atoms with Gasteiger partial charge in [-0.1, -0.05) is 11.2 Å². The Morgan fingerprint density at radius 3 is 2.94 bits per heavy atom. The van der Waals surface area contributed by atoms with Crippen LogP contribution in [0.2, 0.25) is 0 Å². The van der Waals surface area contributed by atoms with Crippen LogP contribution in [0.4, 0.5) is 0 Å². The molecule has 5 heteroatoms. The molecule has 5 nitrogen and oxygen atoms in total. The molecule has 0 saturated carbocycles. The first-order valence-corrected chi connectivity index (χ1v) is 5.93. The second kappa shape index (κ2) is 5.64. The second-order valence-electron chi connectivity index (χ2n) is 4.24. The number of benzene rings is 1. The highest BCUT2D eigenvalue weighted by molar-refractivity contribution is 5.55. The third kappa shape index (κ3) is 3.07. The lowest BCUT2D eigenvalue weighted by atomic mass is 10.2. The topological polar surface area (TPSA) is 60.2 Å². The fourth-order valence-corrected chi connectivity index (χ4v) is 1.58. The van der Waals surface area contributed by atoms with Gasteiger partial charge in [-0.05, 0) is 39.1 Å². The molecule has 1 aromatic heterocycles. The summed E-state index contributed by atoms with van der Waals surface area (Å²) in [6, 6.07) is 7.64. The van der Waals surface area contributed by atoms with Gasteiger partial charge in [-0.3, -0.25) is 0 Å². The zero-order valence-corrected chi connectivity index (χ0v) is 10.8. The van der Waals surface area contributed by atoms with Crippen LogP contribution in [0.5, 0.6) is 5.75 Å². The van der Waals surface area contributed by atoms with Crippen LogP contribution in [-0.4, -0.2) is 23.3 Å². The Bertz CT molecular complexity index is 508. The summed E-state index contributed by atoms with van der Waals surface area (Å²) in [7, 11) is 1.84. The number of rotatable bonds is 5. The van der Waals surface area contributed by atoms with Crippen molar-refractivity contribution in [2.75, 3.05) is 7.05 Å². The van der Waals surface area contributed by atoms with E-state index in [1.807, 2.05) is 45.2 Å². The zero-order chi connectivity index (χ0) is 13.0. The Morgan fingerprint density at radius 1 is 1.39 bits per heavy atom. The molecule has 0 amide bonds. The summed E-state index contributed by atoms with van der Waals surface area (Å²) in [4.78, 5) is 4.29. The van der Waals surface area contributed by atoms with Gasteiger partial charge in [-0.2, -0.15) is 4.98 Å². The molecule has 2 rings (SSSR count). The quantitative estimate of drug-likeness (QED) is 0.878. The molecule has 2 aromatic rings. The van der Waals surface area contributed by atoms with Gasteiger partial charge in [0.1, 0.15) is 5.75 Å². The minimum Gasteiger partial charge on any atom is -0.491 e. The van der Waals surface area contributed by atoms with E-state index in [-0.39, 0.29) is 6.10 Å². The van der Waals surface area contributed by atoms with Crippen LogP contribution in [0.25, 0.3) is 11.5 Å². The van der Waals surface area contributed by atoms with Crippen molar-refractivity contribution in [1.29, 1.82) is 0 Å². The van der Waals surface area contributed by atoms with Crippen LogP contribution < -0.4 is 10.1 Å². The monoisotopic (exact) mass is 247 g/mol. The van der Waals surface area contributed by atoms with E-state index >= 15 is 0 Å². The van der Waals surface area contributed by atoms with Crippen molar-refractivity contribution >= 4 is 0 Å². The Balaban J connectivity index is 2.21.